The van der Waals surface area contributed by atoms with Gasteiger partial charge < -0.3 is 15.0 Å². The number of carboxylic acid groups (broad SMARTS) is 1. The molecule has 0 aliphatic carbocycles. The highest BCUT2D eigenvalue weighted by atomic mass is 32.2. The molecule has 0 aliphatic rings. The first kappa shape index (κ1) is 15.6. The van der Waals surface area contributed by atoms with E-state index >= 15 is 0 Å². The third kappa shape index (κ3) is 4.94. The molecule has 1 aromatic rings. The first-order valence-corrected chi connectivity index (χ1v) is 6.88. The van der Waals surface area contributed by atoms with Gasteiger partial charge in [0.25, 0.3) is 0 Å². The van der Waals surface area contributed by atoms with Crippen LogP contribution in [0.5, 0.6) is 0 Å². The quantitative estimate of drug-likeness (QED) is 0.802. The fourth-order valence-corrected chi connectivity index (χ4v) is 2.19. The van der Waals surface area contributed by atoms with Crippen LogP contribution in [-0.2, 0) is 9.59 Å². The molecule has 1 atom stereocenters. The summed E-state index contributed by atoms with van der Waals surface area (Å²) >= 11 is 1.10. The number of hydrogen-bond donors (Lipinski definition) is 2. The minimum Gasteiger partial charge on any atom is -0.481 e. The Morgan fingerprint density at radius 1 is 1.53 bits per heavy atom. The van der Waals surface area contributed by atoms with Crippen molar-refractivity contribution in [2.24, 2.45) is 0 Å². The SMILES string of the molecule is CC(C(=O)NC(C)(C)C)n1ccnc1SCC(=O)O. The molecule has 1 heterocycles. The zero-order chi connectivity index (χ0) is 14.6. The summed E-state index contributed by atoms with van der Waals surface area (Å²) in [5.41, 5.74) is -0.305. The molecule has 1 unspecified atom stereocenters. The summed E-state index contributed by atoms with van der Waals surface area (Å²) in [6.45, 7) is 7.48. The van der Waals surface area contributed by atoms with E-state index in [0.717, 1.165) is 11.8 Å². The Kier molecular flexibility index (Phi) is 4.99. The van der Waals surface area contributed by atoms with Crippen molar-refractivity contribution in [1.29, 1.82) is 0 Å². The molecule has 0 saturated carbocycles. The summed E-state index contributed by atoms with van der Waals surface area (Å²) in [7, 11) is 0. The van der Waals surface area contributed by atoms with E-state index in [0.29, 0.717) is 5.16 Å². The van der Waals surface area contributed by atoms with Gasteiger partial charge in [0.05, 0.1) is 5.75 Å². The molecule has 19 heavy (non-hydrogen) atoms. The van der Waals surface area contributed by atoms with Crippen molar-refractivity contribution in [2.75, 3.05) is 5.75 Å². The number of hydrogen-bond acceptors (Lipinski definition) is 4. The van der Waals surface area contributed by atoms with Gasteiger partial charge in [0, 0.05) is 17.9 Å². The van der Waals surface area contributed by atoms with Crippen LogP contribution in [0.15, 0.2) is 17.6 Å². The summed E-state index contributed by atoms with van der Waals surface area (Å²) in [4.78, 5) is 26.7. The number of carboxylic acids is 1. The van der Waals surface area contributed by atoms with E-state index in [1.54, 1.807) is 23.9 Å². The third-order valence-electron chi connectivity index (χ3n) is 2.25. The van der Waals surface area contributed by atoms with E-state index < -0.39 is 12.0 Å². The van der Waals surface area contributed by atoms with Crippen LogP contribution in [0.1, 0.15) is 33.7 Å². The molecule has 1 aromatic heterocycles. The third-order valence-corrected chi connectivity index (χ3v) is 3.22. The molecule has 106 valence electrons. The van der Waals surface area contributed by atoms with Crippen molar-refractivity contribution in [3.05, 3.63) is 12.4 Å². The number of nitrogens with zero attached hydrogens (tertiary/aromatic N) is 2. The van der Waals surface area contributed by atoms with Gasteiger partial charge in [-0.3, -0.25) is 9.59 Å². The van der Waals surface area contributed by atoms with Gasteiger partial charge in [-0.25, -0.2) is 4.98 Å². The van der Waals surface area contributed by atoms with Crippen LogP contribution in [0.25, 0.3) is 0 Å². The number of aromatic nitrogens is 2. The van der Waals surface area contributed by atoms with Gasteiger partial charge >= 0.3 is 5.97 Å². The predicted molar refractivity (Wildman–Crippen MR) is 73.2 cm³/mol. The second kappa shape index (κ2) is 6.10. The molecule has 7 heteroatoms. The molecule has 1 amide bonds. The molecule has 6 nitrogen and oxygen atoms in total. The normalized spacial score (nSPS) is 13.1. The largest absolute Gasteiger partial charge is 0.481 e. The zero-order valence-corrected chi connectivity index (χ0v) is 12.3. The van der Waals surface area contributed by atoms with Crippen molar-refractivity contribution >= 4 is 23.6 Å². The van der Waals surface area contributed by atoms with Crippen molar-refractivity contribution in [3.8, 4) is 0 Å². The van der Waals surface area contributed by atoms with Crippen LogP contribution in [0.4, 0.5) is 0 Å². The maximum Gasteiger partial charge on any atom is 0.313 e. The zero-order valence-electron chi connectivity index (χ0n) is 11.5. The molecule has 0 radical (unpaired) electrons. The van der Waals surface area contributed by atoms with Gasteiger partial charge in [0.15, 0.2) is 5.16 Å². The standard InChI is InChI=1S/C12H19N3O3S/c1-8(10(18)14-12(2,3)4)15-6-5-13-11(15)19-7-9(16)17/h5-6,8H,7H2,1-4H3,(H,14,18)(H,16,17). The minimum absolute atomic E-state index is 0.0787. The molecule has 0 bridgehead atoms. The molecular formula is C12H19N3O3S. The van der Waals surface area contributed by atoms with Crippen LogP contribution < -0.4 is 5.32 Å². The summed E-state index contributed by atoms with van der Waals surface area (Å²) in [6, 6.07) is -0.432. The molecule has 0 aliphatic heterocycles. The highest BCUT2D eigenvalue weighted by Crippen LogP contribution is 2.20. The van der Waals surface area contributed by atoms with Gasteiger partial charge in [-0.15, -0.1) is 0 Å². The number of carbonyl (C=O) groups is 2. The van der Waals surface area contributed by atoms with E-state index in [-0.39, 0.29) is 17.2 Å². The number of amides is 1. The molecule has 0 fully saturated rings. The number of thioether (sulfide) groups is 1. The first-order valence-electron chi connectivity index (χ1n) is 5.90. The van der Waals surface area contributed by atoms with Gasteiger partial charge in [-0.1, -0.05) is 11.8 Å². The molecule has 1 rings (SSSR count). The molecular weight excluding hydrogens is 266 g/mol. The lowest BCUT2D eigenvalue weighted by molar-refractivity contribution is -0.134. The first-order chi connectivity index (χ1) is 8.70. The van der Waals surface area contributed by atoms with Crippen LogP contribution in [0.3, 0.4) is 0 Å². The van der Waals surface area contributed by atoms with E-state index in [4.69, 9.17) is 5.11 Å². The smallest absolute Gasteiger partial charge is 0.313 e. The van der Waals surface area contributed by atoms with Crippen molar-refractivity contribution in [1.82, 2.24) is 14.9 Å². The highest BCUT2D eigenvalue weighted by molar-refractivity contribution is 7.99. The van der Waals surface area contributed by atoms with Gasteiger partial charge in [0.1, 0.15) is 6.04 Å². The average Bonchev–Trinajstić information content (AvgIpc) is 2.70. The van der Waals surface area contributed by atoms with Crippen molar-refractivity contribution in [3.63, 3.8) is 0 Å². The Labute approximate surface area is 116 Å². The second-order valence-electron chi connectivity index (χ2n) is 5.21. The monoisotopic (exact) mass is 285 g/mol. The van der Waals surface area contributed by atoms with Crippen molar-refractivity contribution in [2.45, 2.75) is 44.4 Å². The number of rotatable bonds is 5. The van der Waals surface area contributed by atoms with Crippen LogP contribution in [0.2, 0.25) is 0 Å². The summed E-state index contributed by atoms with van der Waals surface area (Å²) in [6.07, 6.45) is 3.24. The Balaban J connectivity index is 2.77. The fourth-order valence-electron chi connectivity index (χ4n) is 1.43. The second-order valence-corrected chi connectivity index (χ2v) is 6.16. The Hall–Kier alpha value is -1.50. The number of imidazole rings is 1. The topological polar surface area (TPSA) is 84.2 Å². The Bertz CT molecular complexity index is 465. The number of aliphatic carboxylic acids is 1. The Morgan fingerprint density at radius 3 is 2.68 bits per heavy atom. The molecule has 0 saturated heterocycles. The van der Waals surface area contributed by atoms with Crippen LogP contribution in [-0.4, -0.2) is 37.8 Å². The lowest BCUT2D eigenvalue weighted by Crippen LogP contribution is -2.43. The van der Waals surface area contributed by atoms with E-state index in [1.807, 2.05) is 20.8 Å². The predicted octanol–water partition coefficient (Wildman–Crippen LogP) is 1.54. The van der Waals surface area contributed by atoms with Gasteiger partial charge in [-0.05, 0) is 27.7 Å². The van der Waals surface area contributed by atoms with Crippen LogP contribution >= 0.6 is 11.8 Å². The van der Waals surface area contributed by atoms with Crippen LogP contribution in [0, 0.1) is 0 Å². The summed E-state index contributed by atoms with van der Waals surface area (Å²) < 4.78 is 1.68. The average molecular weight is 285 g/mol. The molecule has 0 spiro atoms. The van der Waals surface area contributed by atoms with Crippen molar-refractivity contribution < 1.29 is 14.7 Å². The Morgan fingerprint density at radius 2 is 2.16 bits per heavy atom. The minimum atomic E-state index is -0.911. The fraction of sp³-hybridized carbons (Fsp3) is 0.583. The number of nitrogens with one attached hydrogen (secondary N) is 1. The maximum atomic E-state index is 12.1. The lowest BCUT2D eigenvalue weighted by Gasteiger charge is -2.24. The highest BCUT2D eigenvalue weighted by Gasteiger charge is 2.22. The van der Waals surface area contributed by atoms with E-state index in [9.17, 15) is 9.59 Å². The number of carbonyl (C=O) groups excluding carboxylic acids is 1. The van der Waals surface area contributed by atoms with Gasteiger partial charge in [-0.2, -0.15) is 0 Å². The molecule has 2 N–H and O–H groups in total. The summed E-state index contributed by atoms with van der Waals surface area (Å²) in [5.74, 6) is -1.11. The van der Waals surface area contributed by atoms with Gasteiger partial charge in [0.2, 0.25) is 5.91 Å². The molecule has 0 aromatic carbocycles. The maximum absolute atomic E-state index is 12.1. The summed E-state index contributed by atoms with van der Waals surface area (Å²) in [5, 5.41) is 12.1. The van der Waals surface area contributed by atoms with E-state index in [2.05, 4.69) is 10.3 Å². The van der Waals surface area contributed by atoms with E-state index in [1.165, 1.54) is 0 Å². The lowest BCUT2D eigenvalue weighted by atomic mass is 10.1.